The Morgan fingerprint density at radius 3 is 2.90 bits per heavy atom. The van der Waals surface area contributed by atoms with Crippen LogP contribution in [0.25, 0.3) is 10.8 Å². The van der Waals surface area contributed by atoms with Crippen LogP contribution in [0, 0.1) is 0 Å². The zero-order valence-corrected chi connectivity index (χ0v) is 12.0. The van der Waals surface area contributed by atoms with Gasteiger partial charge in [-0.15, -0.1) is 11.3 Å². The Labute approximate surface area is 120 Å². The Balaban J connectivity index is 1.93. The van der Waals surface area contributed by atoms with E-state index in [2.05, 4.69) is 10.1 Å². The number of hydrogen-bond donors (Lipinski definition) is 1. The van der Waals surface area contributed by atoms with Crippen molar-refractivity contribution in [1.29, 1.82) is 0 Å². The van der Waals surface area contributed by atoms with Crippen LogP contribution in [0.2, 0.25) is 0 Å². The molecule has 1 fully saturated rings. The van der Waals surface area contributed by atoms with Gasteiger partial charge in [-0.2, -0.15) is 4.98 Å². The van der Waals surface area contributed by atoms with Gasteiger partial charge < -0.3 is 19.1 Å². The van der Waals surface area contributed by atoms with Crippen LogP contribution < -0.4 is 0 Å². The van der Waals surface area contributed by atoms with E-state index in [9.17, 15) is 5.11 Å². The summed E-state index contributed by atoms with van der Waals surface area (Å²) in [7, 11) is 0. The van der Waals surface area contributed by atoms with E-state index >= 15 is 0 Å². The first-order valence-electron chi connectivity index (χ1n) is 6.58. The number of nitrogens with zero attached hydrogens (tertiary/aromatic N) is 2. The van der Waals surface area contributed by atoms with Crippen LogP contribution >= 0.6 is 11.3 Å². The summed E-state index contributed by atoms with van der Waals surface area (Å²) in [6.07, 6.45) is 1.41. The van der Waals surface area contributed by atoms with E-state index < -0.39 is 5.60 Å². The Morgan fingerprint density at radius 2 is 2.25 bits per heavy atom. The maximum Gasteiger partial charge on any atom is 0.271 e. The predicted molar refractivity (Wildman–Crippen MR) is 72.6 cm³/mol. The lowest BCUT2D eigenvalue weighted by Gasteiger charge is -2.33. The zero-order chi connectivity index (χ0) is 14.0. The largest absolute Gasteiger partial charge is 0.506 e. The minimum atomic E-state index is -0.540. The van der Waals surface area contributed by atoms with E-state index in [1.165, 1.54) is 11.3 Å². The van der Waals surface area contributed by atoms with Crippen molar-refractivity contribution in [1.82, 2.24) is 10.1 Å². The van der Waals surface area contributed by atoms with Crippen LogP contribution in [0.5, 0.6) is 5.75 Å². The van der Waals surface area contributed by atoms with E-state index in [4.69, 9.17) is 14.0 Å². The van der Waals surface area contributed by atoms with E-state index in [1.807, 2.05) is 6.92 Å². The molecule has 1 saturated heterocycles. The fraction of sp³-hybridized carbons (Fsp3) is 0.538. The second kappa shape index (κ2) is 5.51. The standard InChI is InChI=1S/C13H16N2O4S/c1-2-18-13(4-6-17-7-5-13)12-14-11(19-15-12)10-9(16)3-8-20-10/h3,8,16H,2,4-7H2,1H3. The van der Waals surface area contributed by atoms with Crippen molar-refractivity contribution >= 4 is 11.3 Å². The maximum absolute atomic E-state index is 9.72. The smallest absolute Gasteiger partial charge is 0.271 e. The lowest BCUT2D eigenvalue weighted by molar-refractivity contribution is -0.118. The summed E-state index contributed by atoms with van der Waals surface area (Å²) < 4.78 is 16.6. The summed E-state index contributed by atoms with van der Waals surface area (Å²) in [5.41, 5.74) is -0.540. The van der Waals surface area contributed by atoms with E-state index in [0.717, 1.165) is 0 Å². The Bertz CT molecular complexity index is 569. The molecule has 0 atom stereocenters. The lowest BCUT2D eigenvalue weighted by Crippen LogP contribution is -2.37. The molecule has 0 bridgehead atoms. The molecule has 1 N–H and O–H groups in total. The van der Waals surface area contributed by atoms with Gasteiger partial charge in [0.2, 0.25) is 5.82 Å². The molecule has 108 valence electrons. The van der Waals surface area contributed by atoms with Crippen molar-refractivity contribution in [2.75, 3.05) is 19.8 Å². The highest BCUT2D eigenvalue weighted by Gasteiger charge is 2.40. The molecule has 2 aromatic rings. The van der Waals surface area contributed by atoms with Crippen molar-refractivity contribution < 1.29 is 19.1 Å². The number of aromatic nitrogens is 2. The molecule has 1 aliphatic heterocycles. The third-order valence-electron chi connectivity index (χ3n) is 3.39. The Morgan fingerprint density at radius 1 is 1.45 bits per heavy atom. The van der Waals surface area contributed by atoms with Gasteiger partial charge in [0.1, 0.15) is 16.2 Å². The molecule has 0 amide bonds. The third-order valence-corrected chi connectivity index (χ3v) is 4.28. The second-order valence-corrected chi connectivity index (χ2v) is 5.51. The van der Waals surface area contributed by atoms with Gasteiger partial charge in [-0.05, 0) is 18.4 Å². The molecule has 3 rings (SSSR count). The fourth-order valence-electron chi connectivity index (χ4n) is 2.37. The summed E-state index contributed by atoms with van der Waals surface area (Å²) in [4.78, 5) is 5.01. The van der Waals surface area contributed by atoms with Gasteiger partial charge in [0, 0.05) is 32.7 Å². The van der Waals surface area contributed by atoms with E-state index in [0.29, 0.717) is 49.3 Å². The first-order valence-corrected chi connectivity index (χ1v) is 7.46. The van der Waals surface area contributed by atoms with Gasteiger partial charge in [0.15, 0.2) is 0 Å². The number of aromatic hydroxyl groups is 1. The van der Waals surface area contributed by atoms with Crippen molar-refractivity contribution in [3.05, 3.63) is 17.3 Å². The highest BCUT2D eigenvalue weighted by atomic mass is 32.1. The molecule has 0 unspecified atom stereocenters. The van der Waals surface area contributed by atoms with Crippen LogP contribution in [0.15, 0.2) is 16.0 Å². The third kappa shape index (κ3) is 2.32. The maximum atomic E-state index is 9.72. The molecular weight excluding hydrogens is 280 g/mol. The summed E-state index contributed by atoms with van der Waals surface area (Å²) in [5.74, 6) is 1.02. The minimum Gasteiger partial charge on any atom is -0.506 e. The average molecular weight is 296 g/mol. The highest BCUT2D eigenvalue weighted by Crippen LogP contribution is 2.38. The van der Waals surface area contributed by atoms with E-state index in [-0.39, 0.29) is 5.75 Å². The molecule has 0 radical (unpaired) electrons. The van der Waals surface area contributed by atoms with Crippen LogP contribution in [0.1, 0.15) is 25.6 Å². The normalized spacial score (nSPS) is 18.2. The fourth-order valence-corrected chi connectivity index (χ4v) is 3.08. The first kappa shape index (κ1) is 13.5. The molecule has 0 saturated carbocycles. The highest BCUT2D eigenvalue weighted by molar-refractivity contribution is 7.13. The van der Waals surface area contributed by atoms with E-state index in [1.54, 1.807) is 11.4 Å². The SMILES string of the molecule is CCOC1(c2noc(-c3sccc3O)n2)CCOCC1. The van der Waals surface area contributed by atoms with Gasteiger partial charge in [0.25, 0.3) is 5.89 Å². The molecule has 0 aliphatic carbocycles. The van der Waals surface area contributed by atoms with Crippen molar-refractivity contribution in [3.8, 4) is 16.5 Å². The monoisotopic (exact) mass is 296 g/mol. The topological polar surface area (TPSA) is 77.6 Å². The molecular formula is C13H16N2O4S. The quantitative estimate of drug-likeness (QED) is 0.934. The molecule has 20 heavy (non-hydrogen) atoms. The molecule has 0 spiro atoms. The van der Waals surface area contributed by atoms with Gasteiger partial charge >= 0.3 is 0 Å². The summed E-state index contributed by atoms with van der Waals surface area (Å²) in [5, 5.41) is 15.6. The Hall–Kier alpha value is -1.44. The number of thiophene rings is 1. The van der Waals surface area contributed by atoms with Crippen LogP contribution in [0.3, 0.4) is 0 Å². The van der Waals surface area contributed by atoms with Crippen LogP contribution in [-0.2, 0) is 15.1 Å². The number of hydrogen-bond acceptors (Lipinski definition) is 7. The molecule has 3 heterocycles. The van der Waals surface area contributed by atoms with Gasteiger partial charge in [0.05, 0.1) is 0 Å². The molecule has 6 nitrogen and oxygen atoms in total. The lowest BCUT2D eigenvalue weighted by atomic mass is 9.93. The number of ether oxygens (including phenoxy) is 2. The second-order valence-electron chi connectivity index (χ2n) is 4.60. The van der Waals surface area contributed by atoms with Crippen molar-refractivity contribution in [2.24, 2.45) is 0 Å². The van der Waals surface area contributed by atoms with Gasteiger partial charge in [-0.3, -0.25) is 0 Å². The van der Waals surface area contributed by atoms with Gasteiger partial charge in [-0.1, -0.05) is 5.16 Å². The minimum absolute atomic E-state index is 0.155. The molecule has 0 aromatic carbocycles. The summed E-state index contributed by atoms with van der Waals surface area (Å²) >= 11 is 1.36. The first-order chi connectivity index (χ1) is 9.75. The summed E-state index contributed by atoms with van der Waals surface area (Å²) in [6.45, 7) is 3.76. The predicted octanol–water partition coefficient (Wildman–Crippen LogP) is 2.55. The number of rotatable bonds is 4. The summed E-state index contributed by atoms with van der Waals surface area (Å²) in [6, 6.07) is 1.61. The van der Waals surface area contributed by atoms with Crippen LogP contribution in [-0.4, -0.2) is 35.1 Å². The average Bonchev–Trinajstić information content (AvgIpc) is 3.08. The molecule has 7 heteroatoms. The Kier molecular flexibility index (Phi) is 3.73. The molecule has 1 aliphatic rings. The zero-order valence-electron chi connectivity index (χ0n) is 11.2. The van der Waals surface area contributed by atoms with Crippen LogP contribution in [0.4, 0.5) is 0 Å². The molecule has 2 aromatic heterocycles. The van der Waals surface area contributed by atoms with Gasteiger partial charge in [-0.25, -0.2) is 0 Å². The van der Waals surface area contributed by atoms with Crippen molar-refractivity contribution in [2.45, 2.75) is 25.4 Å². The van der Waals surface area contributed by atoms with Crippen molar-refractivity contribution in [3.63, 3.8) is 0 Å².